The van der Waals surface area contributed by atoms with Crippen LogP contribution in [0.15, 0.2) is 48.5 Å². The van der Waals surface area contributed by atoms with Crippen molar-refractivity contribution < 1.29 is 13.6 Å². The molecule has 0 radical (unpaired) electrons. The minimum Gasteiger partial charge on any atom is -0.318 e. The van der Waals surface area contributed by atoms with Crippen LogP contribution in [-0.4, -0.2) is 20.9 Å². The Hall–Kier alpha value is -3.09. The summed E-state index contributed by atoms with van der Waals surface area (Å²) < 4.78 is 28.2. The second-order valence-corrected chi connectivity index (χ2v) is 4.85. The fraction of sp³-hybridized carbons (Fsp3) is 0.0625. The highest BCUT2D eigenvalue weighted by atomic mass is 19.1. The SMILES string of the molecule is Cc1c(C(=O)Nc2ccccc2F)nnn1-c1cccc(F)c1. The van der Waals surface area contributed by atoms with Crippen molar-refractivity contribution in [2.45, 2.75) is 6.92 Å². The molecule has 0 unspecified atom stereocenters. The van der Waals surface area contributed by atoms with Crippen molar-refractivity contribution in [3.63, 3.8) is 0 Å². The molecule has 23 heavy (non-hydrogen) atoms. The molecule has 2 aromatic carbocycles. The topological polar surface area (TPSA) is 59.8 Å². The lowest BCUT2D eigenvalue weighted by Crippen LogP contribution is -2.15. The highest BCUT2D eigenvalue weighted by molar-refractivity contribution is 6.03. The van der Waals surface area contributed by atoms with E-state index in [4.69, 9.17) is 0 Å². The number of rotatable bonds is 3. The number of aromatic nitrogens is 3. The van der Waals surface area contributed by atoms with Gasteiger partial charge in [-0.25, -0.2) is 13.5 Å². The van der Waals surface area contributed by atoms with Crippen LogP contribution in [0.25, 0.3) is 5.69 Å². The van der Waals surface area contributed by atoms with Gasteiger partial charge in [0.15, 0.2) is 5.69 Å². The van der Waals surface area contributed by atoms with Crippen molar-refractivity contribution >= 4 is 11.6 Å². The average Bonchev–Trinajstić information content (AvgIpc) is 2.91. The Morgan fingerprint density at radius 2 is 1.91 bits per heavy atom. The van der Waals surface area contributed by atoms with Gasteiger partial charge in [-0.05, 0) is 37.3 Å². The van der Waals surface area contributed by atoms with Crippen LogP contribution in [0.2, 0.25) is 0 Å². The Morgan fingerprint density at radius 3 is 2.65 bits per heavy atom. The maximum atomic E-state index is 13.6. The number of carbonyl (C=O) groups is 1. The highest BCUT2D eigenvalue weighted by Gasteiger charge is 2.18. The minimum atomic E-state index is -0.588. The normalized spacial score (nSPS) is 10.6. The Bertz CT molecular complexity index is 876. The van der Waals surface area contributed by atoms with Gasteiger partial charge < -0.3 is 5.32 Å². The number of nitrogens with zero attached hydrogens (tertiary/aromatic N) is 3. The Labute approximate surface area is 130 Å². The summed E-state index contributed by atoms with van der Waals surface area (Å²) in [7, 11) is 0. The molecule has 116 valence electrons. The molecule has 0 spiro atoms. The van der Waals surface area contributed by atoms with Gasteiger partial charge in [0.25, 0.3) is 5.91 Å². The number of hydrogen-bond acceptors (Lipinski definition) is 3. The first-order chi connectivity index (χ1) is 11.1. The smallest absolute Gasteiger partial charge is 0.278 e. The van der Waals surface area contributed by atoms with E-state index in [1.165, 1.54) is 41.1 Å². The van der Waals surface area contributed by atoms with Crippen LogP contribution in [0.3, 0.4) is 0 Å². The summed E-state index contributed by atoms with van der Waals surface area (Å²) in [6.07, 6.45) is 0. The zero-order valence-corrected chi connectivity index (χ0v) is 12.1. The lowest BCUT2D eigenvalue weighted by molar-refractivity contribution is 0.102. The molecular weight excluding hydrogens is 302 g/mol. The molecule has 0 atom stereocenters. The highest BCUT2D eigenvalue weighted by Crippen LogP contribution is 2.17. The fourth-order valence-electron chi connectivity index (χ4n) is 2.14. The van der Waals surface area contributed by atoms with E-state index in [-0.39, 0.29) is 11.4 Å². The van der Waals surface area contributed by atoms with Gasteiger partial charge >= 0.3 is 0 Å². The van der Waals surface area contributed by atoms with Crippen LogP contribution >= 0.6 is 0 Å². The lowest BCUT2D eigenvalue weighted by Gasteiger charge is -2.06. The number of halogens is 2. The number of anilines is 1. The molecule has 1 N–H and O–H groups in total. The van der Waals surface area contributed by atoms with Crippen LogP contribution in [0, 0.1) is 18.6 Å². The number of carbonyl (C=O) groups excluding carboxylic acids is 1. The molecule has 7 heteroatoms. The zero-order valence-electron chi connectivity index (χ0n) is 12.1. The molecule has 3 aromatic rings. The van der Waals surface area contributed by atoms with Crippen molar-refractivity contribution in [3.05, 3.63) is 71.6 Å². The lowest BCUT2D eigenvalue weighted by atomic mass is 10.2. The van der Waals surface area contributed by atoms with E-state index in [1.807, 2.05) is 0 Å². The van der Waals surface area contributed by atoms with E-state index < -0.39 is 17.5 Å². The van der Waals surface area contributed by atoms with Gasteiger partial charge in [0.05, 0.1) is 17.1 Å². The molecule has 0 bridgehead atoms. The van der Waals surface area contributed by atoms with Gasteiger partial charge in [-0.2, -0.15) is 0 Å². The fourth-order valence-corrected chi connectivity index (χ4v) is 2.14. The number of amides is 1. The van der Waals surface area contributed by atoms with Gasteiger partial charge in [0.2, 0.25) is 0 Å². The quantitative estimate of drug-likeness (QED) is 0.808. The van der Waals surface area contributed by atoms with Crippen molar-refractivity contribution in [1.82, 2.24) is 15.0 Å². The third-order valence-corrected chi connectivity index (χ3v) is 3.28. The summed E-state index contributed by atoms with van der Waals surface area (Å²) in [4.78, 5) is 12.2. The third-order valence-electron chi connectivity index (χ3n) is 3.28. The van der Waals surface area contributed by atoms with Gasteiger partial charge in [-0.3, -0.25) is 4.79 Å². The second-order valence-electron chi connectivity index (χ2n) is 4.85. The first-order valence-corrected chi connectivity index (χ1v) is 6.80. The molecule has 0 aliphatic carbocycles. The van der Waals surface area contributed by atoms with Crippen molar-refractivity contribution in [1.29, 1.82) is 0 Å². The van der Waals surface area contributed by atoms with Gasteiger partial charge in [-0.1, -0.05) is 23.4 Å². The number of para-hydroxylation sites is 1. The largest absolute Gasteiger partial charge is 0.318 e. The molecule has 5 nitrogen and oxygen atoms in total. The predicted molar refractivity (Wildman–Crippen MR) is 80.4 cm³/mol. The molecule has 0 saturated heterocycles. The van der Waals surface area contributed by atoms with Gasteiger partial charge in [0, 0.05) is 0 Å². The molecule has 3 rings (SSSR count). The molecule has 0 fully saturated rings. The van der Waals surface area contributed by atoms with Crippen LogP contribution in [0.5, 0.6) is 0 Å². The molecular formula is C16H12F2N4O. The summed E-state index contributed by atoms with van der Waals surface area (Å²) in [6.45, 7) is 1.63. The van der Waals surface area contributed by atoms with Crippen LogP contribution in [0.1, 0.15) is 16.2 Å². The Kier molecular flexibility index (Phi) is 3.84. The number of hydrogen-bond donors (Lipinski definition) is 1. The van der Waals surface area contributed by atoms with Gasteiger partial charge in [-0.15, -0.1) is 5.10 Å². The van der Waals surface area contributed by atoms with Crippen molar-refractivity contribution in [3.8, 4) is 5.69 Å². The summed E-state index contributed by atoms with van der Waals surface area (Å²) >= 11 is 0. The molecule has 0 saturated carbocycles. The third kappa shape index (κ3) is 2.94. The number of nitrogens with one attached hydrogen (secondary N) is 1. The van der Waals surface area contributed by atoms with E-state index in [0.29, 0.717) is 11.4 Å². The summed E-state index contributed by atoms with van der Waals surface area (Å²) in [6, 6.07) is 11.6. The zero-order chi connectivity index (χ0) is 16.4. The summed E-state index contributed by atoms with van der Waals surface area (Å²) in [5.41, 5.74) is 0.958. The van der Waals surface area contributed by atoms with Crippen LogP contribution < -0.4 is 5.32 Å². The first kappa shape index (κ1) is 14.8. The van der Waals surface area contributed by atoms with Crippen LogP contribution in [-0.2, 0) is 0 Å². The van der Waals surface area contributed by atoms with Crippen LogP contribution in [0.4, 0.5) is 14.5 Å². The van der Waals surface area contributed by atoms with E-state index in [1.54, 1.807) is 19.1 Å². The monoisotopic (exact) mass is 314 g/mol. The van der Waals surface area contributed by atoms with Gasteiger partial charge in [0.1, 0.15) is 11.6 Å². The molecule has 1 amide bonds. The molecule has 0 aliphatic rings. The predicted octanol–water partition coefficient (Wildman–Crippen LogP) is 3.11. The average molecular weight is 314 g/mol. The Balaban J connectivity index is 1.90. The standard InChI is InChI=1S/C16H12F2N4O/c1-10-15(16(23)19-14-8-3-2-7-13(14)18)20-21-22(10)12-6-4-5-11(17)9-12/h2-9H,1H3,(H,19,23). The maximum absolute atomic E-state index is 13.6. The van der Waals surface area contributed by atoms with E-state index in [2.05, 4.69) is 15.6 Å². The van der Waals surface area contributed by atoms with E-state index >= 15 is 0 Å². The van der Waals surface area contributed by atoms with E-state index in [0.717, 1.165) is 0 Å². The van der Waals surface area contributed by atoms with E-state index in [9.17, 15) is 13.6 Å². The first-order valence-electron chi connectivity index (χ1n) is 6.80. The summed E-state index contributed by atoms with van der Waals surface area (Å²) in [5.74, 6) is -1.55. The van der Waals surface area contributed by atoms with Crippen molar-refractivity contribution in [2.24, 2.45) is 0 Å². The number of benzene rings is 2. The molecule has 1 aromatic heterocycles. The van der Waals surface area contributed by atoms with Crippen molar-refractivity contribution in [2.75, 3.05) is 5.32 Å². The second kappa shape index (κ2) is 5.96. The molecule has 0 aliphatic heterocycles. The Morgan fingerprint density at radius 1 is 1.13 bits per heavy atom. The minimum absolute atomic E-state index is 0.0394. The molecule has 1 heterocycles. The maximum Gasteiger partial charge on any atom is 0.278 e. The summed E-state index contributed by atoms with van der Waals surface area (Å²) in [5, 5.41) is 10.1.